The third-order valence-electron chi connectivity index (χ3n) is 6.05. The number of hydrogen-bond acceptors (Lipinski definition) is 5. The summed E-state index contributed by atoms with van der Waals surface area (Å²) in [4.78, 5) is 30.2. The van der Waals surface area contributed by atoms with Gasteiger partial charge in [0.2, 0.25) is 5.43 Å². The van der Waals surface area contributed by atoms with Gasteiger partial charge >= 0.3 is 6.09 Å². The van der Waals surface area contributed by atoms with Crippen molar-refractivity contribution in [2.45, 2.75) is 6.42 Å². The molecule has 4 rings (SSSR count). The zero-order chi connectivity index (χ0) is 24.9. The van der Waals surface area contributed by atoms with Gasteiger partial charge in [0.05, 0.1) is 5.69 Å². The van der Waals surface area contributed by atoms with E-state index in [0.29, 0.717) is 24.3 Å². The number of aromatic nitrogens is 2. The second-order valence-electron chi connectivity index (χ2n) is 8.62. The fourth-order valence-electron chi connectivity index (χ4n) is 4.06. The van der Waals surface area contributed by atoms with Crippen molar-refractivity contribution < 1.29 is 18.7 Å². The van der Waals surface area contributed by atoms with Crippen LogP contribution in [-0.2, 0) is 6.42 Å². The van der Waals surface area contributed by atoms with E-state index in [2.05, 4.69) is 21.9 Å². The van der Waals surface area contributed by atoms with Crippen LogP contribution in [0.4, 0.5) is 19.3 Å². The Balaban J connectivity index is 1.52. The number of carbonyl (C=O) groups is 1. The summed E-state index contributed by atoms with van der Waals surface area (Å²) in [6.07, 6.45) is 0.433. The molecule has 35 heavy (non-hydrogen) atoms. The molecular formula is C25H27F2N5O3. The molecule has 1 N–H and O–H groups in total. The van der Waals surface area contributed by atoms with Crippen LogP contribution < -0.4 is 10.3 Å². The molecule has 1 fully saturated rings. The highest BCUT2D eigenvalue weighted by Crippen LogP contribution is 2.19. The van der Waals surface area contributed by atoms with Crippen LogP contribution >= 0.6 is 0 Å². The highest BCUT2D eigenvalue weighted by atomic mass is 19.1. The van der Waals surface area contributed by atoms with E-state index in [1.54, 1.807) is 24.3 Å². The Hall–Kier alpha value is -3.63. The molecule has 0 aliphatic carbocycles. The molecule has 2 aromatic carbocycles. The molecule has 184 valence electrons. The Bertz CT molecular complexity index is 1240. The van der Waals surface area contributed by atoms with Gasteiger partial charge < -0.3 is 10.0 Å². The average molecular weight is 484 g/mol. The lowest BCUT2D eigenvalue weighted by atomic mass is 10.1. The summed E-state index contributed by atoms with van der Waals surface area (Å²) in [7, 11) is 2.07. The van der Waals surface area contributed by atoms with Crippen molar-refractivity contribution in [2.24, 2.45) is 0 Å². The summed E-state index contributed by atoms with van der Waals surface area (Å²) in [5.74, 6) is -1.50. The van der Waals surface area contributed by atoms with Gasteiger partial charge in [-0.2, -0.15) is 5.10 Å². The first-order valence-electron chi connectivity index (χ1n) is 11.3. The predicted molar refractivity (Wildman–Crippen MR) is 128 cm³/mol. The molecule has 0 atom stereocenters. The topological polar surface area (TPSA) is 81.9 Å². The first-order valence-corrected chi connectivity index (χ1v) is 11.3. The van der Waals surface area contributed by atoms with Crippen LogP contribution in [0.1, 0.15) is 11.3 Å². The molecule has 10 heteroatoms. The highest BCUT2D eigenvalue weighted by Gasteiger charge is 2.19. The summed E-state index contributed by atoms with van der Waals surface area (Å²) >= 11 is 0. The molecule has 0 saturated carbocycles. The molecule has 1 saturated heterocycles. The van der Waals surface area contributed by atoms with Crippen LogP contribution in [0.2, 0.25) is 0 Å². The van der Waals surface area contributed by atoms with Crippen molar-refractivity contribution in [1.29, 1.82) is 0 Å². The SMILES string of the molecule is CN1CCN(CCN(C(=O)O)c2cccc(Cc3nn(-c4cc(F)cc(F)c4)ccc3=O)c2)CC1. The van der Waals surface area contributed by atoms with E-state index in [1.165, 1.54) is 21.8 Å². The van der Waals surface area contributed by atoms with E-state index in [4.69, 9.17) is 0 Å². The number of anilines is 1. The fourth-order valence-corrected chi connectivity index (χ4v) is 4.06. The number of benzene rings is 2. The number of amides is 1. The smallest absolute Gasteiger partial charge is 0.411 e. The van der Waals surface area contributed by atoms with Gasteiger partial charge in [-0.15, -0.1) is 0 Å². The maximum absolute atomic E-state index is 13.6. The van der Waals surface area contributed by atoms with Crippen molar-refractivity contribution in [3.63, 3.8) is 0 Å². The molecule has 3 aromatic rings. The first-order chi connectivity index (χ1) is 16.8. The summed E-state index contributed by atoms with van der Waals surface area (Å²) in [5.41, 5.74) is 1.20. The van der Waals surface area contributed by atoms with Gasteiger partial charge in [0, 0.05) is 69.7 Å². The van der Waals surface area contributed by atoms with Crippen LogP contribution in [0.5, 0.6) is 0 Å². The van der Waals surface area contributed by atoms with E-state index in [-0.39, 0.29) is 23.2 Å². The fraction of sp³-hybridized carbons (Fsp3) is 0.320. The van der Waals surface area contributed by atoms with Crippen molar-refractivity contribution in [1.82, 2.24) is 19.6 Å². The van der Waals surface area contributed by atoms with E-state index >= 15 is 0 Å². The lowest BCUT2D eigenvalue weighted by Crippen LogP contribution is -2.47. The maximum Gasteiger partial charge on any atom is 0.411 e. The second kappa shape index (κ2) is 10.7. The summed E-state index contributed by atoms with van der Waals surface area (Å²) < 4.78 is 28.5. The third kappa shape index (κ3) is 6.28. The molecular weight excluding hydrogens is 456 g/mol. The number of likely N-dealkylation sites (N-methyl/N-ethyl adjacent to an activating group) is 1. The summed E-state index contributed by atoms with van der Waals surface area (Å²) in [6.45, 7) is 4.64. The quantitative estimate of drug-likeness (QED) is 0.557. The van der Waals surface area contributed by atoms with Crippen LogP contribution in [0, 0.1) is 11.6 Å². The van der Waals surface area contributed by atoms with E-state index in [0.717, 1.165) is 44.4 Å². The standard InChI is InChI=1S/C25H27F2N5O3/c1-29-7-9-30(10-8-29)11-12-31(25(34)35)21-4-2-3-18(13-21)14-23-24(33)5-6-32(28-23)22-16-19(26)15-20(27)17-22/h2-6,13,15-17H,7-12,14H2,1H3,(H,34,35). The number of hydrogen-bond donors (Lipinski definition) is 1. The van der Waals surface area contributed by atoms with Gasteiger partial charge in [0.15, 0.2) is 0 Å². The van der Waals surface area contributed by atoms with Crippen molar-refractivity contribution in [3.05, 3.63) is 87.8 Å². The van der Waals surface area contributed by atoms with E-state index in [1.807, 2.05) is 0 Å². The molecule has 0 unspecified atom stereocenters. The average Bonchev–Trinajstić information content (AvgIpc) is 2.81. The van der Waals surface area contributed by atoms with Crippen LogP contribution in [0.25, 0.3) is 5.69 Å². The molecule has 8 nitrogen and oxygen atoms in total. The summed E-state index contributed by atoms with van der Waals surface area (Å²) in [6, 6.07) is 11.2. The van der Waals surface area contributed by atoms with Gasteiger partial charge in [-0.1, -0.05) is 12.1 Å². The van der Waals surface area contributed by atoms with E-state index in [9.17, 15) is 23.5 Å². The normalized spacial score (nSPS) is 14.7. The number of halogens is 2. The van der Waals surface area contributed by atoms with Gasteiger partial charge in [-0.25, -0.2) is 18.3 Å². The Morgan fingerprint density at radius 1 is 1.06 bits per heavy atom. The Morgan fingerprint density at radius 3 is 2.46 bits per heavy atom. The molecule has 0 spiro atoms. The lowest BCUT2D eigenvalue weighted by molar-refractivity contribution is 0.155. The maximum atomic E-state index is 13.6. The molecule has 0 bridgehead atoms. The molecule has 1 aromatic heterocycles. The lowest BCUT2D eigenvalue weighted by Gasteiger charge is -2.33. The van der Waals surface area contributed by atoms with Crippen LogP contribution in [0.3, 0.4) is 0 Å². The molecule has 0 radical (unpaired) electrons. The van der Waals surface area contributed by atoms with Gasteiger partial charge in [0.25, 0.3) is 0 Å². The number of carboxylic acid groups (broad SMARTS) is 1. The van der Waals surface area contributed by atoms with Crippen molar-refractivity contribution >= 4 is 11.8 Å². The zero-order valence-corrected chi connectivity index (χ0v) is 19.4. The van der Waals surface area contributed by atoms with Crippen molar-refractivity contribution in [3.8, 4) is 5.69 Å². The van der Waals surface area contributed by atoms with Crippen LogP contribution in [0.15, 0.2) is 59.5 Å². The Morgan fingerprint density at radius 2 is 1.77 bits per heavy atom. The largest absolute Gasteiger partial charge is 0.465 e. The van der Waals surface area contributed by atoms with Crippen LogP contribution in [-0.4, -0.2) is 77.1 Å². The minimum atomic E-state index is -1.05. The third-order valence-corrected chi connectivity index (χ3v) is 6.05. The molecule has 1 aliphatic heterocycles. The number of piperazine rings is 1. The minimum Gasteiger partial charge on any atom is -0.465 e. The Kier molecular flexibility index (Phi) is 7.52. The minimum absolute atomic E-state index is 0.136. The van der Waals surface area contributed by atoms with Gasteiger partial charge in [0.1, 0.15) is 17.3 Å². The molecule has 1 amide bonds. The van der Waals surface area contributed by atoms with E-state index < -0.39 is 17.7 Å². The van der Waals surface area contributed by atoms with Crippen molar-refractivity contribution in [2.75, 3.05) is 51.2 Å². The Labute approximate surface area is 201 Å². The first kappa shape index (κ1) is 24.5. The predicted octanol–water partition coefficient (Wildman–Crippen LogP) is 2.83. The summed E-state index contributed by atoms with van der Waals surface area (Å²) in [5, 5.41) is 14.1. The molecule has 2 heterocycles. The number of rotatable bonds is 7. The number of nitrogens with zero attached hydrogens (tertiary/aromatic N) is 5. The monoisotopic (exact) mass is 483 g/mol. The zero-order valence-electron chi connectivity index (χ0n) is 19.4. The highest BCUT2D eigenvalue weighted by molar-refractivity contribution is 5.86. The van der Waals surface area contributed by atoms with Gasteiger partial charge in [-0.3, -0.25) is 14.6 Å². The second-order valence-corrected chi connectivity index (χ2v) is 8.62. The molecule has 1 aliphatic rings. The van der Waals surface area contributed by atoms with Gasteiger partial charge in [-0.05, 0) is 36.9 Å².